The zero-order valence-electron chi connectivity index (χ0n) is 9.27. The summed E-state index contributed by atoms with van der Waals surface area (Å²) in [6, 6.07) is 5.12. The van der Waals surface area contributed by atoms with Gasteiger partial charge in [0.25, 0.3) is 5.91 Å². The molecule has 0 fully saturated rings. The van der Waals surface area contributed by atoms with Gasteiger partial charge in [-0.3, -0.25) is 14.9 Å². The second-order valence-electron chi connectivity index (χ2n) is 3.99. The van der Waals surface area contributed by atoms with Gasteiger partial charge in [-0.25, -0.2) is 0 Å². The van der Waals surface area contributed by atoms with Gasteiger partial charge in [-0.1, -0.05) is 12.1 Å². The van der Waals surface area contributed by atoms with E-state index < -0.39 is 5.91 Å². The summed E-state index contributed by atoms with van der Waals surface area (Å²) in [6.45, 7) is 0. The first kappa shape index (κ1) is 10.5. The fraction of sp³-hybridized carbons (Fsp3) is 0.0833. The Morgan fingerprint density at radius 2 is 2.17 bits per heavy atom. The molecule has 2 amide bonds. The number of nitrogens with one attached hydrogen (secondary N) is 1. The minimum absolute atomic E-state index is 0.202. The van der Waals surface area contributed by atoms with Crippen LogP contribution in [0.2, 0.25) is 0 Å². The molecule has 2 aromatic rings. The van der Waals surface area contributed by atoms with Crippen LogP contribution in [0.25, 0.3) is 11.3 Å². The van der Waals surface area contributed by atoms with Crippen LogP contribution in [0.4, 0.5) is 5.82 Å². The van der Waals surface area contributed by atoms with Gasteiger partial charge in [0.1, 0.15) is 0 Å². The lowest BCUT2D eigenvalue weighted by Gasteiger charge is -2.15. The van der Waals surface area contributed by atoms with Crippen LogP contribution >= 0.6 is 0 Å². The summed E-state index contributed by atoms with van der Waals surface area (Å²) in [4.78, 5) is 26.7. The van der Waals surface area contributed by atoms with Gasteiger partial charge in [-0.15, -0.1) is 0 Å². The number of rotatable bonds is 1. The van der Waals surface area contributed by atoms with Gasteiger partial charge in [0, 0.05) is 11.1 Å². The maximum absolute atomic E-state index is 11.7. The number of hydrogen-bond donors (Lipinski definition) is 2. The lowest BCUT2D eigenvalue weighted by molar-refractivity contribution is -0.119. The van der Waals surface area contributed by atoms with Gasteiger partial charge in [0.05, 0.1) is 6.42 Å². The molecule has 6 nitrogen and oxygen atoms in total. The van der Waals surface area contributed by atoms with Crippen LogP contribution in [0, 0.1) is 0 Å². The van der Waals surface area contributed by atoms with Crippen LogP contribution in [0.5, 0.6) is 0 Å². The molecule has 0 unspecified atom stereocenters. The van der Waals surface area contributed by atoms with E-state index in [0.717, 1.165) is 0 Å². The number of aromatic nitrogens is 1. The Kier molecular flexibility index (Phi) is 2.16. The number of fused-ring (bicyclic) bond motifs is 1. The largest absolute Gasteiger partial charge is 0.441 e. The molecule has 6 heteroatoms. The van der Waals surface area contributed by atoms with E-state index in [-0.39, 0.29) is 18.1 Å². The van der Waals surface area contributed by atoms with Crippen LogP contribution in [0.3, 0.4) is 0 Å². The Balaban J connectivity index is 2.12. The highest BCUT2D eigenvalue weighted by Gasteiger charge is 2.23. The molecule has 0 saturated carbocycles. The summed E-state index contributed by atoms with van der Waals surface area (Å²) in [6.07, 6.45) is 1.45. The Bertz CT molecular complexity index is 660. The molecule has 18 heavy (non-hydrogen) atoms. The predicted octanol–water partition coefficient (Wildman–Crippen LogP) is 0.736. The Morgan fingerprint density at radius 1 is 1.33 bits per heavy atom. The van der Waals surface area contributed by atoms with Crippen molar-refractivity contribution in [3.63, 3.8) is 0 Å². The molecule has 1 aromatic heterocycles. The van der Waals surface area contributed by atoms with Crippen LogP contribution in [0.1, 0.15) is 15.9 Å². The number of benzene rings is 1. The number of anilines is 1. The van der Waals surface area contributed by atoms with E-state index in [0.29, 0.717) is 22.5 Å². The third-order valence-corrected chi connectivity index (χ3v) is 2.82. The minimum atomic E-state index is -0.402. The van der Waals surface area contributed by atoms with Crippen LogP contribution < -0.4 is 11.1 Å². The number of nitrogens with two attached hydrogens (primary N) is 1. The number of carbonyl (C=O) groups is 2. The highest BCUT2D eigenvalue weighted by molar-refractivity contribution is 6.10. The van der Waals surface area contributed by atoms with Crippen LogP contribution in [-0.2, 0) is 11.2 Å². The van der Waals surface area contributed by atoms with E-state index in [4.69, 9.17) is 10.2 Å². The topological polar surface area (TPSA) is 98.2 Å². The van der Waals surface area contributed by atoms with Gasteiger partial charge in [0.15, 0.2) is 18.0 Å². The third kappa shape index (κ3) is 1.55. The molecule has 90 valence electrons. The van der Waals surface area contributed by atoms with E-state index in [1.807, 2.05) is 0 Å². The SMILES string of the molecule is Nc1ncoc1-c1ccc2c(c1)C(=O)NC(=O)C2. The van der Waals surface area contributed by atoms with Crippen molar-refractivity contribution in [1.29, 1.82) is 0 Å². The van der Waals surface area contributed by atoms with E-state index in [9.17, 15) is 9.59 Å². The minimum Gasteiger partial charge on any atom is -0.441 e. The van der Waals surface area contributed by atoms with Gasteiger partial charge in [0.2, 0.25) is 5.91 Å². The van der Waals surface area contributed by atoms with Crippen molar-refractivity contribution < 1.29 is 14.0 Å². The molecular formula is C12H9N3O3. The molecule has 3 rings (SSSR count). The molecule has 0 atom stereocenters. The van der Waals surface area contributed by atoms with Crippen LogP contribution in [0.15, 0.2) is 29.0 Å². The average molecular weight is 243 g/mol. The van der Waals surface area contributed by atoms with Crippen molar-refractivity contribution in [2.75, 3.05) is 5.73 Å². The molecule has 0 radical (unpaired) electrons. The van der Waals surface area contributed by atoms with E-state index in [2.05, 4.69) is 10.3 Å². The summed E-state index contributed by atoms with van der Waals surface area (Å²) in [5.41, 5.74) is 7.47. The summed E-state index contributed by atoms with van der Waals surface area (Å²) >= 11 is 0. The molecule has 0 spiro atoms. The zero-order valence-corrected chi connectivity index (χ0v) is 9.27. The quantitative estimate of drug-likeness (QED) is 0.719. The van der Waals surface area contributed by atoms with Crippen molar-refractivity contribution in [2.24, 2.45) is 0 Å². The average Bonchev–Trinajstić information content (AvgIpc) is 2.75. The first-order chi connectivity index (χ1) is 8.65. The monoisotopic (exact) mass is 243 g/mol. The van der Waals surface area contributed by atoms with Gasteiger partial charge >= 0.3 is 0 Å². The first-order valence-electron chi connectivity index (χ1n) is 5.31. The number of imide groups is 1. The fourth-order valence-corrected chi connectivity index (χ4v) is 1.97. The van der Waals surface area contributed by atoms with Crippen LogP contribution in [-0.4, -0.2) is 16.8 Å². The first-order valence-corrected chi connectivity index (χ1v) is 5.31. The predicted molar refractivity (Wildman–Crippen MR) is 62.5 cm³/mol. The summed E-state index contributed by atoms with van der Waals surface area (Å²) in [7, 11) is 0. The standard InChI is InChI=1S/C12H9N3O3/c13-11-10(18-5-14-11)7-2-1-6-4-9(16)15-12(17)8(6)3-7/h1-3,5H,4,13H2,(H,15,16,17). The molecule has 1 aliphatic heterocycles. The van der Waals surface area contributed by atoms with Crippen molar-refractivity contribution >= 4 is 17.6 Å². The molecule has 1 aliphatic rings. The molecular weight excluding hydrogens is 234 g/mol. The molecule has 0 aliphatic carbocycles. The lowest BCUT2D eigenvalue weighted by Crippen LogP contribution is -2.37. The highest BCUT2D eigenvalue weighted by Crippen LogP contribution is 2.27. The molecule has 2 heterocycles. The molecule has 0 bridgehead atoms. The number of nitrogens with zero attached hydrogens (tertiary/aromatic N) is 1. The normalized spacial score (nSPS) is 14.2. The summed E-state index contributed by atoms with van der Waals surface area (Å²) in [5.74, 6) is -0.00893. The molecule has 3 N–H and O–H groups in total. The summed E-state index contributed by atoms with van der Waals surface area (Å²) in [5, 5.41) is 2.27. The van der Waals surface area contributed by atoms with Crippen molar-refractivity contribution in [1.82, 2.24) is 10.3 Å². The van der Waals surface area contributed by atoms with Crippen molar-refractivity contribution in [3.8, 4) is 11.3 Å². The Morgan fingerprint density at radius 3 is 2.89 bits per heavy atom. The van der Waals surface area contributed by atoms with Crippen molar-refractivity contribution in [2.45, 2.75) is 6.42 Å². The molecule has 0 saturated heterocycles. The Hall–Kier alpha value is -2.63. The van der Waals surface area contributed by atoms with E-state index in [1.54, 1.807) is 18.2 Å². The number of hydrogen-bond acceptors (Lipinski definition) is 5. The highest BCUT2D eigenvalue weighted by atomic mass is 16.3. The second kappa shape index (κ2) is 3.69. The van der Waals surface area contributed by atoms with Crippen molar-refractivity contribution in [3.05, 3.63) is 35.7 Å². The number of oxazole rings is 1. The maximum atomic E-state index is 11.7. The van der Waals surface area contributed by atoms with Gasteiger partial charge in [-0.05, 0) is 11.6 Å². The van der Waals surface area contributed by atoms with Gasteiger partial charge in [-0.2, -0.15) is 4.98 Å². The number of amides is 2. The van der Waals surface area contributed by atoms with E-state index in [1.165, 1.54) is 6.39 Å². The fourth-order valence-electron chi connectivity index (χ4n) is 1.97. The lowest BCUT2D eigenvalue weighted by atomic mass is 9.97. The molecule has 1 aromatic carbocycles. The Labute approximate surface area is 102 Å². The second-order valence-corrected chi connectivity index (χ2v) is 3.99. The smallest absolute Gasteiger partial charge is 0.258 e. The zero-order chi connectivity index (χ0) is 12.7. The number of nitrogen functional groups attached to an aromatic ring is 1. The van der Waals surface area contributed by atoms with Gasteiger partial charge < -0.3 is 10.2 Å². The third-order valence-electron chi connectivity index (χ3n) is 2.82. The van der Waals surface area contributed by atoms with E-state index >= 15 is 0 Å². The maximum Gasteiger partial charge on any atom is 0.258 e. The number of carbonyl (C=O) groups excluding carboxylic acids is 2. The summed E-state index contributed by atoms with van der Waals surface area (Å²) < 4.78 is 5.16.